The molecule has 0 amide bonds. The molecule has 5 nitrogen and oxygen atoms in total. The Morgan fingerprint density at radius 3 is 2.66 bits per heavy atom. The Hall–Kier alpha value is -1.99. The molecule has 3 heterocycles. The number of hydrogen-bond donors (Lipinski definition) is 1. The summed E-state index contributed by atoms with van der Waals surface area (Å²) >= 11 is 1.73. The van der Waals surface area contributed by atoms with Crippen LogP contribution in [0.25, 0.3) is 10.2 Å². The molecule has 29 heavy (non-hydrogen) atoms. The van der Waals surface area contributed by atoms with Crippen LogP contribution in [0.1, 0.15) is 29.5 Å². The van der Waals surface area contributed by atoms with Crippen molar-refractivity contribution in [3.05, 3.63) is 59.1 Å². The highest BCUT2D eigenvalue weighted by Crippen LogP contribution is 2.36. The largest absolute Gasteiger partial charge is 0.488 e. The average Bonchev–Trinajstić information content (AvgIpc) is 3.14. The predicted molar refractivity (Wildman–Crippen MR) is 117 cm³/mol. The summed E-state index contributed by atoms with van der Waals surface area (Å²) in [7, 11) is 2.18. The Kier molecular flexibility index (Phi) is 5.50. The van der Waals surface area contributed by atoms with Gasteiger partial charge in [0.15, 0.2) is 0 Å². The molecule has 2 saturated heterocycles. The maximum absolute atomic E-state index is 6.70. The van der Waals surface area contributed by atoms with E-state index in [1.54, 1.807) is 11.3 Å². The molecule has 1 N–H and O–H groups in total. The van der Waals surface area contributed by atoms with E-state index in [0.717, 1.165) is 60.9 Å². The molecule has 5 rings (SSSR count). The zero-order valence-corrected chi connectivity index (χ0v) is 17.5. The quantitative estimate of drug-likeness (QED) is 0.670. The number of nitrogens with zero attached hydrogens (tertiary/aromatic N) is 2. The Bertz CT molecular complexity index is 930. The molecule has 2 aliphatic heterocycles. The summed E-state index contributed by atoms with van der Waals surface area (Å²) in [5.41, 5.74) is 2.16. The summed E-state index contributed by atoms with van der Waals surface area (Å²) in [5, 5.41) is 4.28. The highest BCUT2D eigenvalue weighted by molar-refractivity contribution is 7.18. The molecule has 1 unspecified atom stereocenters. The molecule has 2 aromatic carbocycles. The van der Waals surface area contributed by atoms with E-state index in [2.05, 4.69) is 53.7 Å². The Morgan fingerprint density at radius 2 is 1.90 bits per heavy atom. The molecule has 0 saturated carbocycles. The third kappa shape index (κ3) is 4.31. The van der Waals surface area contributed by atoms with E-state index in [-0.39, 0.29) is 18.3 Å². The van der Waals surface area contributed by atoms with Crippen LogP contribution in [-0.2, 0) is 4.74 Å². The number of thiazole rings is 1. The maximum Gasteiger partial charge on any atom is 0.135 e. The van der Waals surface area contributed by atoms with Crippen LogP contribution in [0, 0.1) is 0 Å². The minimum absolute atomic E-state index is 0.163. The summed E-state index contributed by atoms with van der Waals surface area (Å²) in [6, 6.07) is 16.7. The van der Waals surface area contributed by atoms with Gasteiger partial charge in [-0.15, -0.1) is 11.3 Å². The van der Waals surface area contributed by atoms with Gasteiger partial charge in [-0.1, -0.05) is 24.3 Å². The Balaban J connectivity index is 1.45. The van der Waals surface area contributed by atoms with Gasteiger partial charge in [-0.2, -0.15) is 0 Å². The first-order valence-corrected chi connectivity index (χ1v) is 11.2. The van der Waals surface area contributed by atoms with Crippen LogP contribution in [0.2, 0.25) is 0 Å². The number of likely N-dealkylation sites (tertiary alicyclic amines) is 1. The van der Waals surface area contributed by atoms with Crippen LogP contribution >= 0.6 is 11.3 Å². The number of benzene rings is 2. The standard InChI is InChI=1S/C23H27N3O2S/c1-26-11-9-17(10-12-26)28-22(23-25-20-7-2-3-8-21(20)29-23)16-5-4-6-18(13-16)27-19-14-24-15-19/h2-8,13,17,19,22,24H,9-12,14-15H2,1H3. The van der Waals surface area contributed by atoms with Crippen molar-refractivity contribution in [1.29, 1.82) is 0 Å². The van der Waals surface area contributed by atoms with Crippen molar-refractivity contribution in [2.24, 2.45) is 0 Å². The molecule has 0 aliphatic carbocycles. The van der Waals surface area contributed by atoms with Crippen molar-refractivity contribution in [2.75, 3.05) is 33.2 Å². The minimum atomic E-state index is -0.163. The third-order valence-corrected chi connectivity index (χ3v) is 6.82. The monoisotopic (exact) mass is 409 g/mol. The molecule has 0 radical (unpaired) electrons. The molecular formula is C23H27N3O2S. The van der Waals surface area contributed by atoms with Crippen LogP contribution in [0.15, 0.2) is 48.5 Å². The predicted octanol–water partition coefficient (Wildman–Crippen LogP) is 3.85. The lowest BCUT2D eigenvalue weighted by atomic mass is 10.1. The second-order valence-corrected chi connectivity index (χ2v) is 9.07. The number of nitrogens with one attached hydrogen (secondary N) is 1. The zero-order chi connectivity index (χ0) is 19.6. The van der Waals surface area contributed by atoms with Crippen molar-refractivity contribution >= 4 is 21.6 Å². The molecule has 0 bridgehead atoms. The van der Waals surface area contributed by atoms with Gasteiger partial charge in [0.25, 0.3) is 0 Å². The van der Waals surface area contributed by atoms with E-state index in [9.17, 15) is 0 Å². The van der Waals surface area contributed by atoms with E-state index in [1.807, 2.05) is 12.1 Å². The smallest absolute Gasteiger partial charge is 0.135 e. The fourth-order valence-corrected chi connectivity index (χ4v) is 4.92. The number of hydrogen-bond acceptors (Lipinski definition) is 6. The van der Waals surface area contributed by atoms with Gasteiger partial charge in [0.2, 0.25) is 0 Å². The van der Waals surface area contributed by atoms with Crippen LogP contribution in [-0.4, -0.2) is 55.3 Å². The third-order valence-electron chi connectivity index (χ3n) is 5.74. The van der Waals surface area contributed by atoms with Gasteiger partial charge >= 0.3 is 0 Å². The first-order chi connectivity index (χ1) is 14.2. The molecule has 3 aromatic rings. The fraction of sp³-hybridized carbons (Fsp3) is 0.435. The maximum atomic E-state index is 6.70. The summed E-state index contributed by atoms with van der Waals surface area (Å²) in [4.78, 5) is 7.29. The van der Waals surface area contributed by atoms with Gasteiger partial charge in [-0.3, -0.25) is 0 Å². The summed E-state index contributed by atoms with van der Waals surface area (Å²) in [5.74, 6) is 0.909. The van der Waals surface area contributed by atoms with Crippen molar-refractivity contribution in [3.8, 4) is 5.75 Å². The highest BCUT2D eigenvalue weighted by Gasteiger charge is 2.27. The van der Waals surface area contributed by atoms with Crippen LogP contribution in [0.4, 0.5) is 0 Å². The van der Waals surface area contributed by atoms with Crippen LogP contribution in [0.5, 0.6) is 5.75 Å². The summed E-state index contributed by atoms with van der Waals surface area (Å²) in [6.07, 6.45) is 2.47. The number of ether oxygens (including phenoxy) is 2. The first-order valence-electron chi connectivity index (χ1n) is 10.4. The van der Waals surface area contributed by atoms with E-state index >= 15 is 0 Å². The Morgan fingerprint density at radius 1 is 1.07 bits per heavy atom. The van der Waals surface area contributed by atoms with Gasteiger partial charge in [0, 0.05) is 26.2 Å². The topological polar surface area (TPSA) is 46.6 Å². The minimum Gasteiger partial charge on any atom is -0.488 e. The SMILES string of the molecule is CN1CCC(OC(c2cccc(OC3CNC3)c2)c2nc3ccccc3s2)CC1. The summed E-state index contributed by atoms with van der Waals surface area (Å²) < 4.78 is 14.0. The van der Waals surface area contributed by atoms with Gasteiger partial charge in [0.1, 0.15) is 23.0 Å². The lowest BCUT2D eigenvalue weighted by Crippen LogP contribution is -2.50. The lowest BCUT2D eigenvalue weighted by molar-refractivity contribution is -0.0235. The number of piperidine rings is 1. The molecule has 1 aromatic heterocycles. The fourth-order valence-electron chi connectivity index (χ4n) is 3.88. The Labute approximate surface area is 175 Å². The molecule has 1 atom stereocenters. The van der Waals surface area contributed by atoms with Gasteiger partial charge in [-0.25, -0.2) is 4.98 Å². The van der Waals surface area contributed by atoms with Crippen molar-refractivity contribution in [2.45, 2.75) is 31.2 Å². The van der Waals surface area contributed by atoms with Crippen molar-refractivity contribution < 1.29 is 9.47 Å². The van der Waals surface area contributed by atoms with Crippen LogP contribution in [0.3, 0.4) is 0 Å². The second kappa shape index (κ2) is 8.40. The zero-order valence-electron chi connectivity index (χ0n) is 16.7. The van der Waals surface area contributed by atoms with Gasteiger partial charge in [-0.05, 0) is 49.7 Å². The van der Waals surface area contributed by atoms with E-state index < -0.39 is 0 Å². The average molecular weight is 410 g/mol. The molecule has 2 fully saturated rings. The van der Waals surface area contributed by atoms with E-state index in [0.29, 0.717) is 0 Å². The number of aromatic nitrogens is 1. The van der Waals surface area contributed by atoms with Crippen molar-refractivity contribution in [1.82, 2.24) is 15.2 Å². The summed E-state index contributed by atoms with van der Waals surface area (Å²) in [6.45, 7) is 3.99. The molecule has 0 spiro atoms. The normalized spacial score (nSPS) is 19.9. The van der Waals surface area contributed by atoms with Gasteiger partial charge in [0.05, 0.1) is 16.3 Å². The van der Waals surface area contributed by atoms with Crippen molar-refractivity contribution in [3.63, 3.8) is 0 Å². The van der Waals surface area contributed by atoms with Crippen LogP contribution < -0.4 is 10.1 Å². The second-order valence-electron chi connectivity index (χ2n) is 8.01. The molecular weight excluding hydrogens is 382 g/mol. The lowest BCUT2D eigenvalue weighted by Gasteiger charge is -2.32. The first kappa shape index (κ1) is 19.0. The highest BCUT2D eigenvalue weighted by atomic mass is 32.1. The van der Waals surface area contributed by atoms with E-state index in [1.165, 1.54) is 4.70 Å². The molecule has 152 valence electrons. The van der Waals surface area contributed by atoms with E-state index in [4.69, 9.17) is 14.5 Å². The molecule has 6 heteroatoms. The number of para-hydroxylation sites is 1. The number of rotatable bonds is 6. The number of fused-ring (bicyclic) bond motifs is 1. The molecule has 2 aliphatic rings. The van der Waals surface area contributed by atoms with Gasteiger partial charge < -0.3 is 19.7 Å².